The van der Waals surface area contributed by atoms with Crippen molar-refractivity contribution in [1.82, 2.24) is 10.2 Å². The second kappa shape index (κ2) is 7.89. The van der Waals surface area contributed by atoms with Crippen molar-refractivity contribution in [2.24, 2.45) is 5.92 Å². The summed E-state index contributed by atoms with van der Waals surface area (Å²) in [6.07, 6.45) is 6.77. The molecule has 1 heterocycles. The normalized spacial score (nSPS) is 18.0. The minimum atomic E-state index is -0.286. The number of benzene rings is 1. The monoisotopic (exact) mass is 357 g/mol. The second-order valence-electron chi connectivity index (χ2n) is 7.66. The lowest BCUT2D eigenvalue weighted by Gasteiger charge is -2.17. The van der Waals surface area contributed by atoms with E-state index in [2.05, 4.69) is 10.6 Å². The third-order valence-electron chi connectivity index (χ3n) is 4.97. The molecule has 3 rings (SSSR count). The summed E-state index contributed by atoms with van der Waals surface area (Å²) < 4.78 is 0. The van der Waals surface area contributed by atoms with Crippen LogP contribution in [0.3, 0.4) is 0 Å². The molecule has 4 amide bonds. The van der Waals surface area contributed by atoms with Gasteiger partial charge in [0.05, 0.1) is 11.1 Å². The van der Waals surface area contributed by atoms with Gasteiger partial charge in [0.2, 0.25) is 0 Å². The highest BCUT2D eigenvalue weighted by atomic mass is 16.2. The quantitative estimate of drug-likeness (QED) is 0.636. The maximum atomic E-state index is 12.5. The van der Waals surface area contributed by atoms with E-state index >= 15 is 0 Å². The van der Waals surface area contributed by atoms with Gasteiger partial charge in [0.25, 0.3) is 11.8 Å². The molecule has 26 heavy (non-hydrogen) atoms. The predicted octanol–water partition coefficient (Wildman–Crippen LogP) is 3.78. The Morgan fingerprint density at radius 3 is 2.38 bits per heavy atom. The van der Waals surface area contributed by atoms with E-state index in [0.29, 0.717) is 23.4 Å². The Morgan fingerprint density at radius 1 is 1.08 bits per heavy atom. The summed E-state index contributed by atoms with van der Waals surface area (Å²) in [5.41, 5.74) is 1.30. The first kappa shape index (κ1) is 18.4. The third kappa shape index (κ3) is 4.06. The van der Waals surface area contributed by atoms with Crippen molar-refractivity contribution in [3.05, 3.63) is 29.3 Å². The van der Waals surface area contributed by atoms with Crippen LogP contribution in [0.5, 0.6) is 0 Å². The van der Waals surface area contributed by atoms with Crippen LogP contribution in [0.4, 0.5) is 10.5 Å². The summed E-state index contributed by atoms with van der Waals surface area (Å²) in [7, 11) is 0. The molecule has 2 aliphatic rings. The number of anilines is 1. The lowest BCUT2D eigenvalue weighted by molar-refractivity contribution is 0.0636. The van der Waals surface area contributed by atoms with Crippen molar-refractivity contribution in [2.45, 2.75) is 58.4 Å². The zero-order chi connectivity index (χ0) is 18.7. The summed E-state index contributed by atoms with van der Waals surface area (Å²) in [4.78, 5) is 38.4. The average Bonchev–Trinajstić information content (AvgIpc) is 2.78. The van der Waals surface area contributed by atoms with Crippen LogP contribution < -0.4 is 10.6 Å². The number of carbonyl (C=O) groups excluding carboxylic acids is 3. The van der Waals surface area contributed by atoms with Crippen LogP contribution >= 0.6 is 0 Å². The number of fused-ring (bicyclic) bond motifs is 1. The highest BCUT2D eigenvalue weighted by molar-refractivity contribution is 6.21. The molecule has 1 aliphatic heterocycles. The van der Waals surface area contributed by atoms with Crippen LogP contribution in [-0.2, 0) is 0 Å². The number of rotatable bonds is 4. The summed E-state index contributed by atoms with van der Waals surface area (Å²) in [5, 5.41) is 5.82. The van der Waals surface area contributed by atoms with Crippen LogP contribution in [0, 0.1) is 5.92 Å². The van der Waals surface area contributed by atoms with Gasteiger partial charge in [-0.25, -0.2) is 4.79 Å². The zero-order valence-electron chi connectivity index (χ0n) is 15.5. The van der Waals surface area contributed by atoms with Gasteiger partial charge in [-0.05, 0) is 37.0 Å². The van der Waals surface area contributed by atoms with Crippen molar-refractivity contribution in [3.63, 3.8) is 0 Å². The molecule has 0 spiro atoms. The van der Waals surface area contributed by atoms with E-state index in [4.69, 9.17) is 0 Å². The Bertz CT molecular complexity index is 706. The first-order chi connectivity index (χ1) is 12.5. The predicted molar refractivity (Wildman–Crippen MR) is 100 cm³/mol. The molecule has 1 aromatic rings. The van der Waals surface area contributed by atoms with Crippen LogP contribution in [0.25, 0.3) is 0 Å². The van der Waals surface area contributed by atoms with E-state index in [1.807, 2.05) is 13.8 Å². The number of hydrogen-bond acceptors (Lipinski definition) is 3. The van der Waals surface area contributed by atoms with Gasteiger partial charge in [-0.1, -0.05) is 39.5 Å². The average molecular weight is 357 g/mol. The summed E-state index contributed by atoms with van der Waals surface area (Å²) >= 11 is 0. The van der Waals surface area contributed by atoms with E-state index in [-0.39, 0.29) is 29.8 Å². The zero-order valence-corrected chi connectivity index (χ0v) is 15.5. The SMILES string of the molecule is CC(C)CN1C(=O)c2ccc(NC(=O)NC3CCCCCC3)cc2C1=O. The minimum absolute atomic E-state index is 0.205. The molecule has 0 atom stereocenters. The molecule has 0 bridgehead atoms. The van der Waals surface area contributed by atoms with Crippen LogP contribution in [0.15, 0.2) is 18.2 Å². The molecule has 1 fully saturated rings. The summed E-state index contributed by atoms with van der Waals surface area (Å²) in [6, 6.07) is 4.85. The molecule has 0 unspecified atom stereocenters. The molecule has 0 aromatic heterocycles. The van der Waals surface area contributed by atoms with E-state index in [0.717, 1.165) is 25.7 Å². The number of nitrogens with zero attached hydrogens (tertiary/aromatic N) is 1. The lowest BCUT2D eigenvalue weighted by atomic mass is 10.1. The van der Waals surface area contributed by atoms with E-state index in [1.165, 1.54) is 17.7 Å². The molecule has 1 aromatic carbocycles. The lowest BCUT2D eigenvalue weighted by Crippen LogP contribution is -2.37. The van der Waals surface area contributed by atoms with Crippen molar-refractivity contribution in [1.29, 1.82) is 0 Å². The molecule has 2 N–H and O–H groups in total. The van der Waals surface area contributed by atoms with Crippen LogP contribution in [0.1, 0.15) is 73.1 Å². The van der Waals surface area contributed by atoms with Gasteiger partial charge in [-0.2, -0.15) is 0 Å². The van der Waals surface area contributed by atoms with Crippen LogP contribution in [-0.4, -0.2) is 35.3 Å². The van der Waals surface area contributed by atoms with Gasteiger partial charge >= 0.3 is 6.03 Å². The van der Waals surface area contributed by atoms with Crippen molar-refractivity contribution >= 4 is 23.5 Å². The molecule has 1 aliphatic carbocycles. The van der Waals surface area contributed by atoms with Gasteiger partial charge in [0, 0.05) is 18.3 Å². The first-order valence-corrected chi connectivity index (χ1v) is 9.53. The fourth-order valence-corrected chi connectivity index (χ4v) is 3.68. The van der Waals surface area contributed by atoms with Gasteiger partial charge in [0.15, 0.2) is 0 Å². The molecule has 6 nitrogen and oxygen atoms in total. The number of imide groups is 1. The maximum absolute atomic E-state index is 12.5. The number of urea groups is 1. The Labute approximate surface area is 154 Å². The number of amides is 4. The Balaban J connectivity index is 1.66. The Hall–Kier alpha value is -2.37. The molecular formula is C20H27N3O3. The smallest absolute Gasteiger partial charge is 0.319 e. The molecule has 1 saturated carbocycles. The number of carbonyl (C=O) groups is 3. The molecule has 0 saturated heterocycles. The number of hydrogen-bond donors (Lipinski definition) is 2. The number of nitrogens with one attached hydrogen (secondary N) is 2. The molecule has 140 valence electrons. The van der Waals surface area contributed by atoms with Gasteiger partial charge in [-0.3, -0.25) is 14.5 Å². The maximum Gasteiger partial charge on any atom is 0.319 e. The molecule has 0 radical (unpaired) electrons. The highest BCUT2D eigenvalue weighted by Gasteiger charge is 2.35. The largest absolute Gasteiger partial charge is 0.335 e. The van der Waals surface area contributed by atoms with Gasteiger partial charge in [0.1, 0.15) is 0 Å². The first-order valence-electron chi connectivity index (χ1n) is 9.53. The minimum Gasteiger partial charge on any atom is -0.335 e. The fraction of sp³-hybridized carbons (Fsp3) is 0.550. The Kier molecular flexibility index (Phi) is 5.59. The van der Waals surface area contributed by atoms with Crippen molar-refractivity contribution < 1.29 is 14.4 Å². The third-order valence-corrected chi connectivity index (χ3v) is 4.97. The summed E-state index contributed by atoms with van der Waals surface area (Å²) in [6.45, 7) is 4.33. The fourth-order valence-electron chi connectivity index (χ4n) is 3.68. The molecule has 6 heteroatoms. The molecular weight excluding hydrogens is 330 g/mol. The highest BCUT2D eigenvalue weighted by Crippen LogP contribution is 2.26. The van der Waals surface area contributed by atoms with E-state index in [9.17, 15) is 14.4 Å². The second-order valence-corrected chi connectivity index (χ2v) is 7.66. The Morgan fingerprint density at radius 2 is 1.73 bits per heavy atom. The summed E-state index contributed by atoms with van der Waals surface area (Å²) in [5.74, 6) is -0.333. The van der Waals surface area contributed by atoms with E-state index < -0.39 is 0 Å². The standard InChI is InChI=1S/C20H27N3O3/c1-13(2)12-23-18(24)16-10-9-15(11-17(16)19(23)25)22-20(26)21-14-7-5-3-4-6-8-14/h9-11,13-14H,3-8,12H2,1-2H3,(H2,21,22,26). The van der Waals surface area contributed by atoms with Crippen molar-refractivity contribution in [3.8, 4) is 0 Å². The topological polar surface area (TPSA) is 78.5 Å². The van der Waals surface area contributed by atoms with Gasteiger partial charge in [-0.15, -0.1) is 0 Å². The van der Waals surface area contributed by atoms with E-state index in [1.54, 1.807) is 18.2 Å². The van der Waals surface area contributed by atoms with Crippen LogP contribution in [0.2, 0.25) is 0 Å². The van der Waals surface area contributed by atoms with Gasteiger partial charge < -0.3 is 10.6 Å². The van der Waals surface area contributed by atoms with Crippen molar-refractivity contribution in [2.75, 3.05) is 11.9 Å².